The van der Waals surface area contributed by atoms with E-state index < -0.39 is 44.7 Å². The first-order valence-electron chi connectivity index (χ1n) is 16.8. The number of methoxy groups -OCH3 is 1. The van der Waals surface area contributed by atoms with E-state index in [4.69, 9.17) is 14.2 Å². The van der Waals surface area contributed by atoms with E-state index in [2.05, 4.69) is 37.5 Å². The lowest BCUT2D eigenvalue weighted by Gasteiger charge is -2.37. The Morgan fingerprint density at radius 2 is 1.73 bits per heavy atom. The van der Waals surface area contributed by atoms with Gasteiger partial charge in [-0.3, -0.25) is 9.59 Å². The minimum atomic E-state index is -2.19. The van der Waals surface area contributed by atoms with Gasteiger partial charge in [0.2, 0.25) is 5.91 Å². The Morgan fingerprint density at radius 1 is 1.00 bits per heavy atom. The highest BCUT2D eigenvalue weighted by Gasteiger charge is 2.51. The van der Waals surface area contributed by atoms with Crippen LogP contribution in [0.1, 0.15) is 38.2 Å². The van der Waals surface area contributed by atoms with Gasteiger partial charge in [0.1, 0.15) is 24.1 Å². The van der Waals surface area contributed by atoms with Crippen molar-refractivity contribution < 1.29 is 49.3 Å². The fraction of sp³-hybridized carbons (Fsp3) is 0.600. The number of hydrogen-bond acceptors (Lipinski definition) is 10. The second-order valence-corrected chi connectivity index (χ2v) is 18.7. The minimum Gasteiger partial charge on any atom is -0.497 e. The minimum absolute atomic E-state index is 0.0268. The van der Waals surface area contributed by atoms with Crippen molar-refractivity contribution in [3.63, 3.8) is 0 Å². The largest absolute Gasteiger partial charge is 0.497 e. The summed E-state index contributed by atoms with van der Waals surface area (Å²) in [6, 6.07) is 15.3. The van der Waals surface area contributed by atoms with E-state index in [1.807, 2.05) is 29.2 Å². The summed E-state index contributed by atoms with van der Waals surface area (Å²) >= 11 is 0. The van der Waals surface area contributed by atoms with E-state index >= 15 is 0 Å². The van der Waals surface area contributed by atoms with Crippen LogP contribution < -0.4 is 15.2 Å². The van der Waals surface area contributed by atoms with Crippen molar-refractivity contribution in [2.75, 3.05) is 25.6 Å². The number of carbonyl (C=O) groups is 2. The zero-order chi connectivity index (χ0) is 34.7. The van der Waals surface area contributed by atoms with Crippen LogP contribution in [-0.4, -0.2) is 120 Å². The number of aliphatic hydroxyl groups is 5. The Labute approximate surface area is 282 Å². The van der Waals surface area contributed by atoms with Crippen molar-refractivity contribution in [2.45, 2.75) is 107 Å². The standard InChI is InChI=1S/C35H50N2O10Si/c1-20-26(15-10-21-7-5-8-22(17-21)36-34(43)32-30(41)29(40)31(42)35(44)47-32)46-27(18-28(39)37-16-6-9-23(37)19-38)33(20)48(3,4)25-13-11-24(45-2)12-14-25/h5,7-8,11-14,17,20,23,26-27,29-33,35,38,40-42,44H,6,9-10,15-16,18-19H2,1-4H3,(H,36,43)/t20-,23-,26+,27-,29-,30-,31+,32-,33+,35+/m0/s1. The maximum atomic E-state index is 13.6. The molecule has 0 aliphatic carbocycles. The summed E-state index contributed by atoms with van der Waals surface area (Å²) in [4.78, 5) is 28.3. The normalized spacial score (nSPS) is 32.3. The van der Waals surface area contributed by atoms with Crippen LogP contribution >= 0.6 is 0 Å². The average molecular weight is 687 g/mol. The highest BCUT2D eigenvalue weighted by molar-refractivity contribution is 6.91. The number of nitrogens with zero attached hydrogens (tertiary/aromatic N) is 1. The van der Waals surface area contributed by atoms with E-state index in [0.717, 1.165) is 24.2 Å². The number of rotatable bonds is 11. The summed E-state index contributed by atoms with van der Waals surface area (Å²) < 4.78 is 17.3. The molecule has 0 bridgehead atoms. The van der Waals surface area contributed by atoms with Crippen LogP contribution in [0, 0.1) is 5.92 Å². The predicted octanol–water partition coefficient (Wildman–Crippen LogP) is 1.13. The van der Waals surface area contributed by atoms with Gasteiger partial charge in [-0.2, -0.15) is 0 Å². The molecule has 3 aliphatic rings. The molecule has 5 rings (SSSR count). The van der Waals surface area contributed by atoms with Crippen molar-refractivity contribution in [1.29, 1.82) is 0 Å². The van der Waals surface area contributed by atoms with Gasteiger partial charge >= 0.3 is 0 Å². The second-order valence-electron chi connectivity index (χ2n) is 14.0. The number of nitrogens with one attached hydrogen (secondary N) is 1. The zero-order valence-corrected chi connectivity index (χ0v) is 29.1. The van der Waals surface area contributed by atoms with E-state index in [0.29, 0.717) is 25.1 Å². The van der Waals surface area contributed by atoms with Gasteiger partial charge in [0.15, 0.2) is 12.4 Å². The van der Waals surface area contributed by atoms with Crippen LogP contribution in [0.25, 0.3) is 0 Å². The van der Waals surface area contributed by atoms with Crippen LogP contribution in [0.3, 0.4) is 0 Å². The van der Waals surface area contributed by atoms with Gasteiger partial charge in [0, 0.05) is 12.2 Å². The fourth-order valence-electron chi connectivity index (χ4n) is 7.89. The summed E-state index contributed by atoms with van der Waals surface area (Å²) in [7, 11) is -0.536. The third-order valence-electron chi connectivity index (χ3n) is 10.6. The Kier molecular flexibility index (Phi) is 11.6. The quantitative estimate of drug-likeness (QED) is 0.188. The molecule has 0 spiro atoms. The topological polar surface area (TPSA) is 178 Å². The molecule has 0 aromatic heterocycles. The Bertz CT molecular complexity index is 1410. The number of ether oxygens (including phenoxy) is 3. The van der Waals surface area contributed by atoms with Crippen LogP contribution in [0.15, 0.2) is 48.5 Å². The maximum Gasteiger partial charge on any atom is 0.256 e. The summed E-state index contributed by atoms with van der Waals surface area (Å²) in [5.74, 6) is 0.224. The molecule has 13 heteroatoms. The maximum absolute atomic E-state index is 13.6. The molecule has 2 amide bonds. The molecule has 2 aromatic rings. The SMILES string of the molecule is COc1ccc([Si](C)(C)[C@@H]2[C@@H](C)[C@@H](CCc3cccc(NC(=O)[C@H]4O[C@@H](O)[C@H](O)[C@@H](O)[C@@H]4O)c3)O[C@H]2CC(=O)N2CCC[C@H]2CO)cc1. The number of likely N-dealkylation sites (tertiary alicyclic amines) is 1. The third-order valence-corrected chi connectivity index (χ3v) is 15.0. The van der Waals surface area contributed by atoms with Crippen molar-refractivity contribution in [3.05, 3.63) is 54.1 Å². The number of benzene rings is 2. The van der Waals surface area contributed by atoms with E-state index in [9.17, 15) is 35.1 Å². The summed E-state index contributed by atoms with van der Waals surface area (Å²) in [5, 5.41) is 53.6. The first kappa shape index (κ1) is 36.4. The number of aryl methyl sites for hydroxylation is 1. The van der Waals surface area contributed by atoms with Crippen LogP contribution in [0.2, 0.25) is 18.6 Å². The molecule has 3 saturated heterocycles. The summed E-state index contributed by atoms with van der Waals surface area (Å²) in [5.41, 5.74) is 1.55. The molecule has 48 heavy (non-hydrogen) atoms. The molecule has 0 saturated carbocycles. The highest BCUT2D eigenvalue weighted by Crippen LogP contribution is 2.47. The van der Waals surface area contributed by atoms with Crippen molar-refractivity contribution in [2.24, 2.45) is 5.92 Å². The first-order chi connectivity index (χ1) is 22.8. The van der Waals surface area contributed by atoms with Gasteiger partial charge in [-0.15, -0.1) is 0 Å². The summed E-state index contributed by atoms with van der Waals surface area (Å²) in [6.45, 7) is 7.51. The molecular weight excluding hydrogens is 636 g/mol. The van der Waals surface area contributed by atoms with Gasteiger partial charge in [0.25, 0.3) is 5.91 Å². The molecule has 2 aromatic carbocycles. The molecule has 3 aliphatic heterocycles. The Morgan fingerprint density at radius 3 is 2.42 bits per heavy atom. The number of aliphatic hydroxyl groups excluding tert-OH is 5. The molecule has 264 valence electrons. The fourth-order valence-corrected chi connectivity index (χ4v) is 12.0. The summed E-state index contributed by atoms with van der Waals surface area (Å²) in [6.07, 6.45) is -5.65. The van der Waals surface area contributed by atoms with E-state index in [1.165, 1.54) is 5.19 Å². The molecule has 3 fully saturated rings. The van der Waals surface area contributed by atoms with Gasteiger partial charge in [-0.25, -0.2) is 0 Å². The Balaban J connectivity index is 1.29. The lowest BCUT2D eigenvalue weighted by Crippen LogP contribution is -2.60. The van der Waals surface area contributed by atoms with Crippen LogP contribution in [0.4, 0.5) is 5.69 Å². The first-order valence-corrected chi connectivity index (χ1v) is 19.9. The predicted molar refractivity (Wildman–Crippen MR) is 180 cm³/mol. The van der Waals surface area contributed by atoms with Crippen LogP contribution in [-0.2, 0) is 25.5 Å². The van der Waals surface area contributed by atoms with Crippen molar-refractivity contribution >= 4 is 30.8 Å². The number of hydrogen-bond donors (Lipinski definition) is 6. The van der Waals surface area contributed by atoms with Gasteiger partial charge < -0.3 is 50.0 Å². The number of amides is 2. The third kappa shape index (κ3) is 7.63. The average Bonchev–Trinajstić information content (AvgIpc) is 3.68. The molecule has 10 atom stereocenters. The molecule has 0 radical (unpaired) electrons. The smallest absolute Gasteiger partial charge is 0.256 e. The highest BCUT2D eigenvalue weighted by atomic mass is 28.3. The molecule has 12 nitrogen and oxygen atoms in total. The lowest BCUT2D eigenvalue weighted by molar-refractivity contribution is -0.274. The molecule has 6 N–H and O–H groups in total. The number of anilines is 1. The number of carbonyl (C=O) groups excluding carboxylic acids is 2. The molecule has 3 heterocycles. The van der Waals surface area contributed by atoms with Crippen molar-refractivity contribution in [3.8, 4) is 5.75 Å². The lowest BCUT2D eigenvalue weighted by atomic mass is 9.95. The van der Waals surface area contributed by atoms with Gasteiger partial charge in [-0.05, 0) is 67.0 Å². The molecule has 0 unspecified atom stereocenters. The van der Waals surface area contributed by atoms with E-state index in [1.54, 1.807) is 19.2 Å². The van der Waals surface area contributed by atoms with Crippen LogP contribution in [0.5, 0.6) is 5.75 Å². The van der Waals surface area contributed by atoms with E-state index in [-0.39, 0.29) is 48.6 Å². The van der Waals surface area contributed by atoms with Crippen molar-refractivity contribution in [1.82, 2.24) is 4.90 Å². The molecular formula is C35H50N2O10Si. The monoisotopic (exact) mass is 686 g/mol. The Hall–Kier alpha value is -2.88. The zero-order valence-electron chi connectivity index (χ0n) is 28.1. The second kappa shape index (κ2) is 15.3. The van der Waals surface area contributed by atoms with Gasteiger partial charge in [-0.1, -0.05) is 49.5 Å². The van der Waals surface area contributed by atoms with Gasteiger partial charge in [0.05, 0.1) is 46.5 Å².